The van der Waals surface area contributed by atoms with Crippen LogP contribution in [0.1, 0.15) is 16.1 Å². The average molecular weight is 463 g/mol. The van der Waals surface area contributed by atoms with E-state index in [4.69, 9.17) is 11.6 Å². The van der Waals surface area contributed by atoms with Gasteiger partial charge in [-0.2, -0.15) is 13.2 Å². The second kappa shape index (κ2) is 8.60. The van der Waals surface area contributed by atoms with Crippen molar-refractivity contribution < 1.29 is 18.0 Å². The summed E-state index contributed by atoms with van der Waals surface area (Å²) < 4.78 is 42.5. The molecule has 0 fully saturated rings. The Morgan fingerprint density at radius 3 is 2.58 bits per heavy atom. The maximum absolute atomic E-state index is 13.7. The van der Waals surface area contributed by atoms with Gasteiger partial charge in [0.25, 0.3) is 0 Å². The molecule has 2 heterocycles. The van der Waals surface area contributed by atoms with E-state index in [2.05, 4.69) is 15.2 Å². The van der Waals surface area contributed by atoms with Gasteiger partial charge in [0.1, 0.15) is 0 Å². The number of alkyl halides is 3. The van der Waals surface area contributed by atoms with E-state index in [1.54, 1.807) is 42.6 Å². The highest BCUT2D eigenvalue weighted by Crippen LogP contribution is 2.37. The fourth-order valence-corrected chi connectivity index (χ4v) is 4.03. The molecular weight excluding hydrogens is 449 g/mol. The number of nitrogens with zero attached hydrogens (tertiary/aromatic N) is 3. The maximum Gasteiger partial charge on any atom is 0.418 e. The van der Waals surface area contributed by atoms with E-state index < -0.39 is 11.7 Å². The Labute approximate surface area is 184 Å². The predicted octanol–water partition coefficient (Wildman–Crippen LogP) is 5.91. The molecule has 0 atom stereocenters. The molecule has 0 amide bonds. The van der Waals surface area contributed by atoms with Gasteiger partial charge in [-0.1, -0.05) is 47.6 Å². The minimum atomic E-state index is -4.59. The number of halogens is 4. The van der Waals surface area contributed by atoms with Gasteiger partial charge in [0, 0.05) is 16.8 Å². The molecule has 0 aliphatic heterocycles. The summed E-state index contributed by atoms with van der Waals surface area (Å²) in [5.74, 6) is -0.0467. The first-order valence-corrected chi connectivity index (χ1v) is 10.4. The topological polar surface area (TPSA) is 63.6 Å². The smallest absolute Gasteiger partial charge is 0.359 e. The van der Waals surface area contributed by atoms with E-state index in [1.807, 2.05) is 0 Å². The number of rotatable bonds is 6. The summed E-state index contributed by atoms with van der Waals surface area (Å²) in [7, 11) is 0. The van der Waals surface area contributed by atoms with Crippen molar-refractivity contribution in [3.63, 3.8) is 0 Å². The third-order valence-electron chi connectivity index (χ3n) is 4.40. The van der Waals surface area contributed by atoms with Gasteiger partial charge in [-0.15, -0.1) is 10.2 Å². The van der Waals surface area contributed by atoms with Crippen molar-refractivity contribution >= 4 is 29.1 Å². The number of carbonyl (C=O) groups is 1. The van der Waals surface area contributed by atoms with Crippen LogP contribution in [0.2, 0.25) is 5.02 Å². The van der Waals surface area contributed by atoms with Crippen LogP contribution in [0.15, 0.2) is 72.0 Å². The Morgan fingerprint density at radius 1 is 1.06 bits per heavy atom. The molecule has 0 saturated heterocycles. The van der Waals surface area contributed by atoms with Crippen molar-refractivity contribution in [2.24, 2.45) is 0 Å². The molecular formula is C21H14ClF3N4OS. The first kappa shape index (κ1) is 21.2. The zero-order valence-corrected chi connectivity index (χ0v) is 17.3. The van der Waals surface area contributed by atoms with Crippen molar-refractivity contribution in [2.45, 2.75) is 11.3 Å². The number of carbonyl (C=O) groups excluding carboxylic acids is 1. The predicted molar refractivity (Wildman–Crippen MR) is 113 cm³/mol. The molecule has 2 aromatic carbocycles. The van der Waals surface area contributed by atoms with Crippen molar-refractivity contribution in [3.8, 4) is 17.1 Å². The number of aromatic nitrogens is 4. The Kier molecular flexibility index (Phi) is 5.88. The molecule has 4 rings (SSSR count). The van der Waals surface area contributed by atoms with Crippen LogP contribution in [0.5, 0.6) is 0 Å². The molecule has 0 aliphatic rings. The van der Waals surface area contributed by atoms with Gasteiger partial charge in [-0.3, -0.25) is 9.36 Å². The van der Waals surface area contributed by atoms with Crippen molar-refractivity contribution in [1.82, 2.24) is 19.7 Å². The molecule has 0 radical (unpaired) electrons. The summed E-state index contributed by atoms with van der Waals surface area (Å²) in [6.45, 7) is 0. The Balaban J connectivity index is 1.81. The maximum atomic E-state index is 13.7. The van der Waals surface area contributed by atoms with Crippen LogP contribution in [-0.2, 0) is 6.18 Å². The monoisotopic (exact) mass is 462 g/mol. The number of nitrogens with one attached hydrogen (secondary N) is 1. The number of hydrogen-bond acceptors (Lipinski definition) is 4. The fourth-order valence-electron chi connectivity index (χ4n) is 3.02. The lowest BCUT2D eigenvalue weighted by atomic mass is 10.1. The van der Waals surface area contributed by atoms with Crippen LogP contribution in [0.25, 0.3) is 17.1 Å². The summed E-state index contributed by atoms with van der Waals surface area (Å²) in [6, 6.07) is 15.1. The van der Waals surface area contributed by atoms with Gasteiger partial charge in [0.05, 0.1) is 22.7 Å². The summed E-state index contributed by atoms with van der Waals surface area (Å²) in [5, 5.41) is 8.76. The number of para-hydroxylation sites is 1. The molecule has 0 unspecified atom stereocenters. The van der Waals surface area contributed by atoms with E-state index in [0.717, 1.165) is 17.8 Å². The Bertz CT molecular complexity index is 1220. The van der Waals surface area contributed by atoms with Crippen LogP contribution in [0.4, 0.5) is 13.2 Å². The van der Waals surface area contributed by atoms with Gasteiger partial charge >= 0.3 is 6.18 Å². The third-order valence-corrected chi connectivity index (χ3v) is 5.56. The molecule has 0 bridgehead atoms. The first-order valence-electron chi connectivity index (χ1n) is 9.02. The molecule has 0 spiro atoms. The number of Topliss-reactive ketones (excluding diaryl/α,β-unsaturated/α-hetero) is 1. The van der Waals surface area contributed by atoms with Gasteiger partial charge in [0.15, 0.2) is 16.8 Å². The first-order chi connectivity index (χ1) is 14.8. The van der Waals surface area contributed by atoms with Crippen LogP contribution < -0.4 is 0 Å². The van der Waals surface area contributed by atoms with Crippen LogP contribution >= 0.6 is 23.4 Å². The summed E-state index contributed by atoms with van der Waals surface area (Å²) in [5.41, 5.74) is -0.0655. The van der Waals surface area contributed by atoms with Crippen molar-refractivity contribution in [2.75, 3.05) is 5.75 Å². The zero-order valence-electron chi connectivity index (χ0n) is 15.7. The van der Waals surface area contributed by atoms with Gasteiger partial charge in [-0.25, -0.2) is 0 Å². The highest BCUT2D eigenvalue weighted by molar-refractivity contribution is 7.99. The molecule has 5 nitrogen and oxygen atoms in total. The summed E-state index contributed by atoms with van der Waals surface area (Å²) in [4.78, 5) is 15.2. The Hall–Kier alpha value is -3.04. The van der Waals surface area contributed by atoms with Gasteiger partial charge in [0.2, 0.25) is 0 Å². The molecule has 158 valence electrons. The quantitative estimate of drug-likeness (QED) is 0.286. The van der Waals surface area contributed by atoms with E-state index in [-0.39, 0.29) is 28.2 Å². The zero-order chi connectivity index (χ0) is 22.0. The fraction of sp³-hybridized carbons (Fsp3) is 0.0952. The number of ketones is 1. The number of hydrogen-bond donors (Lipinski definition) is 1. The number of thioether (sulfide) groups is 1. The molecule has 0 saturated carbocycles. The molecule has 4 aromatic rings. The Morgan fingerprint density at radius 2 is 1.87 bits per heavy atom. The summed E-state index contributed by atoms with van der Waals surface area (Å²) in [6.07, 6.45) is -2.97. The SMILES string of the molecule is O=C(CSc1nnc(-c2cccc(Cl)c2)n1-c1ccccc1C(F)(F)F)c1ccc[nH]1. The van der Waals surface area contributed by atoms with E-state index in [1.165, 1.54) is 22.8 Å². The van der Waals surface area contributed by atoms with Crippen LogP contribution in [0, 0.1) is 0 Å². The van der Waals surface area contributed by atoms with Gasteiger partial charge in [-0.05, 0) is 36.4 Å². The third kappa shape index (κ3) is 4.52. The highest BCUT2D eigenvalue weighted by atomic mass is 35.5. The standard InChI is InChI=1S/C21H14ClF3N4OS/c22-14-6-3-5-13(11-14)19-27-28-20(31-12-18(30)16-8-4-10-26-16)29(19)17-9-2-1-7-15(17)21(23,24)25/h1-11,26H,12H2. The van der Waals surface area contributed by atoms with Crippen LogP contribution in [-0.4, -0.2) is 31.3 Å². The number of H-pyrrole nitrogens is 1. The average Bonchev–Trinajstić information content (AvgIpc) is 3.41. The molecule has 31 heavy (non-hydrogen) atoms. The normalized spacial score (nSPS) is 11.6. The van der Waals surface area contributed by atoms with Crippen molar-refractivity contribution in [3.05, 3.63) is 83.1 Å². The molecule has 10 heteroatoms. The second-order valence-electron chi connectivity index (χ2n) is 6.46. The molecule has 2 aromatic heterocycles. The summed E-state index contributed by atoms with van der Waals surface area (Å²) >= 11 is 7.08. The minimum absolute atomic E-state index is 0.0254. The van der Waals surface area contributed by atoms with Crippen molar-refractivity contribution in [1.29, 1.82) is 0 Å². The van der Waals surface area contributed by atoms with E-state index >= 15 is 0 Å². The second-order valence-corrected chi connectivity index (χ2v) is 7.84. The number of benzene rings is 2. The minimum Gasteiger partial charge on any atom is -0.359 e. The highest BCUT2D eigenvalue weighted by Gasteiger charge is 2.35. The lowest BCUT2D eigenvalue weighted by Gasteiger charge is -2.16. The number of aromatic amines is 1. The lowest BCUT2D eigenvalue weighted by Crippen LogP contribution is -2.12. The van der Waals surface area contributed by atoms with Crippen LogP contribution in [0.3, 0.4) is 0 Å². The molecule has 0 aliphatic carbocycles. The lowest BCUT2D eigenvalue weighted by molar-refractivity contribution is -0.137. The van der Waals surface area contributed by atoms with E-state index in [9.17, 15) is 18.0 Å². The van der Waals surface area contributed by atoms with Gasteiger partial charge < -0.3 is 4.98 Å². The largest absolute Gasteiger partial charge is 0.418 e. The van der Waals surface area contributed by atoms with E-state index in [0.29, 0.717) is 16.3 Å². The molecule has 1 N–H and O–H groups in total.